The summed E-state index contributed by atoms with van der Waals surface area (Å²) in [4.78, 5) is 57.9. The summed E-state index contributed by atoms with van der Waals surface area (Å²) >= 11 is 0. The molecule has 8 atom stereocenters. The first-order valence-corrected chi connectivity index (χ1v) is 19.0. The van der Waals surface area contributed by atoms with Gasteiger partial charge in [-0.05, 0) is 54.4 Å². The number of amides is 4. The van der Waals surface area contributed by atoms with Crippen LogP contribution in [0.3, 0.4) is 0 Å². The van der Waals surface area contributed by atoms with Crippen LogP contribution in [0, 0.1) is 17.8 Å². The summed E-state index contributed by atoms with van der Waals surface area (Å²) < 4.78 is 11.9. The molecule has 0 spiro atoms. The molecule has 0 saturated carbocycles. The van der Waals surface area contributed by atoms with Gasteiger partial charge in [0, 0.05) is 52.5 Å². The third kappa shape index (κ3) is 12.3. The van der Waals surface area contributed by atoms with Crippen molar-refractivity contribution < 1.29 is 28.7 Å². The first-order valence-electron chi connectivity index (χ1n) is 19.0. The zero-order chi connectivity index (χ0) is 39.2. The first kappa shape index (κ1) is 43.4. The molecule has 0 aromatic heterocycles. The predicted molar refractivity (Wildman–Crippen MR) is 208 cm³/mol. The van der Waals surface area contributed by atoms with Gasteiger partial charge in [0.2, 0.25) is 23.6 Å². The maximum Gasteiger partial charge on any atom is 0.239 e. The van der Waals surface area contributed by atoms with E-state index in [2.05, 4.69) is 24.5 Å². The number of rotatable bonds is 20. The molecule has 3 rings (SSSR count). The van der Waals surface area contributed by atoms with Crippen molar-refractivity contribution in [1.29, 1.82) is 0 Å². The lowest BCUT2D eigenvalue weighted by Crippen LogP contribution is -2.56. The number of hydrogen-bond acceptors (Lipinski definition) is 8. The number of nitrogens with two attached hydrogens (primary N) is 2. The van der Waals surface area contributed by atoms with E-state index in [1.165, 1.54) is 0 Å². The molecule has 4 amide bonds. The van der Waals surface area contributed by atoms with Gasteiger partial charge in [-0.1, -0.05) is 83.5 Å². The van der Waals surface area contributed by atoms with E-state index in [9.17, 15) is 19.2 Å². The lowest BCUT2D eigenvalue weighted by Gasteiger charge is -2.40. The van der Waals surface area contributed by atoms with E-state index in [4.69, 9.17) is 20.9 Å². The van der Waals surface area contributed by atoms with Crippen molar-refractivity contribution in [3.63, 3.8) is 0 Å². The van der Waals surface area contributed by atoms with Crippen LogP contribution in [0.4, 0.5) is 5.69 Å². The molecule has 2 aromatic carbocycles. The van der Waals surface area contributed by atoms with E-state index < -0.39 is 30.2 Å². The molecule has 1 fully saturated rings. The molecule has 0 bridgehead atoms. The predicted octanol–water partition coefficient (Wildman–Crippen LogP) is 3.91. The second-order valence-corrected chi connectivity index (χ2v) is 15.0. The molecule has 0 radical (unpaired) electrons. The number of anilines is 1. The van der Waals surface area contributed by atoms with Gasteiger partial charge in [-0.25, -0.2) is 0 Å². The average molecular weight is 737 g/mol. The van der Waals surface area contributed by atoms with Crippen molar-refractivity contribution in [2.24, 2.45) is 23.5 Å². The minimum absolute atomic E-state index is 0.0354. The number of likely N-dealkylation sites (tertiary alicyclic amines) is 1. The lowest BCUT2D eigenvalue weighted by molar-refractivity contribution is -0.146. The summed E-state index contributed by atoms with van der Waals surface area (Å²) in [5.41, 5.74) is 14.6. The molecule has 0 unspecified atom stereocenters. The molecule has 53 heavy (non-hydrogen) atoms. The summed E-state index contributed by atoms with van der Waals surface area (Å²) in [7, 11) is 4.88. The Kier molecular flexibility index (Phi) is 17.2. The third-order valence-electron chi connectivity index (χ3n) is 10.8. The molecule has 1 aliphatic rings. The summed E-state index contributed by atoms with van der Waals surface area (Å²) in [6.07, 6.45) is 1.71. The number of hydrogen-bond donors (Lipinski definition) is 4. The van der Waals surface area contributed by atoms with Crippen molar-refractivity contribution in [3.05, 3.63) is 65.7 Å². The van der Waals surface area contributed by atoms with Crippen molar-refractivity contribution in [3.8, 4) is 0 Å². The molecule has 12 nitrogen and oxygen atoms in total. The Morgan fingerprint density at radius 1 is 0.943 bits per heavy atom. The topological polar surface area (TPSA) is 169 Å². The Hall–Kier alpha value is -4.00. The van der Waals surface area contributed by atoms with Crippen LogP contribution in [0.5, 0.6) is 0 Å². The van der Waals surface area contributed by atoms with Crippen LogP contribution in [0.2, 0.25) is 0 Å². The number of carbonyl (C=O) groups excluding carboxylic acids is 4. The lowest BCUT2D eigenvalue weighted by atomic mass is 9.89. The number of nitrogens with zero attached hydrogens (tertiary/aromatic N) is 2. The van der Waals surface area contributed by atoms with Crippen molar-refractivity contribution in [2.75, 3.05) is 33.5 Å². The van der Waals surface area contributed by atoms with Gasteiger partial charge in [0.25, 0.3) is 0 Å². The zero-order valence-corrected chi connectivity index (χ0v) is 33.0. The highest BCUT2D eigenvalue weighted by atomic mass is 16.5. The van der Waals surface area contributed by atoms with Crippen LogP contribution in [0.25, 0.3) is 0 Å². The van der Waals surface area contributed by atoms with Gasteiger partial charge >= 0.3 is 0 Å². The van der Waals surface area contributed by atoms with E-state index in [1.54, 1.807) is 45.2 Å². The molecule has 294 valence electrons. The summed E-state index contributed by atoms with van der Waals surface area (Å²) in [6.45, 7) is 10.6. The Balaban J connectivity index is 1.73. The molecule has 1 aliphatic heterocycles. The molecule has 6 N–H and O–H groups in total. The molecule has 0 aliphatic carbocycles. The van der Waals surface area contributed by atoms with E-state index in [1.807, 2.05) is 61.2 Å². The number of likely N-dealkylation sites (N-methyl/N-ethyl adjacent to an activating group) is 1. The number of carbonyl (C=O) groups is 4. The quantitative estimate of drug-likeness (QED) is 0.149. The second-order valence-electron chi connectivity index (χ2n) is 15.0. The highest BCUT2D eigenvalue weighted by molar-refractivity contribution is 5.83. The number of methoxy groups -OCH3 is 2. The summed E-state index contributed by atoms with van der Waals surface area (Å²) in [5.74, 6) is -1.34. The van der Waals surface area contributed by atoms with Crippen LogP contribution in [-0.2, 0) is 41.6 Å². The van der Waals surface area contributed by atoms with Crippen LogP contribution < -0.4 is 22.1 Å². The summed E-state index contributed by atoms with van der Waals surface area (Å²) in [6, 6.07) is 15.2. The van der Waals surface area contributed by atoms with Gasteiger partial charge in [0.05, 0.1) is 42.7 Å². The van der Waals surface area contributed by atoms with E-state index in [0.29, 0.717) is 31.6 Å². The van der Waals surface area contributed by atoms with Crippen LogP contribution in [0.1, 0.15) is 77.8 Å². The fraction of sp³-hybridized carbons (Fsp3) is 0.610. The van der Waals surface area contributed by atoms with Crippen LogP contribution in [-0.4, -0.2) is 97.6 Å². The van der Waals surface area contributed by atoms with Crippen molar-refractivity contribution >= 4 is 29.3 Å². The smallest absolute Gasteiger partial charge is 0.239 e. The molecular weight excluding hydrogens is 672 g/mol. The Labute approximate surface area is 316 Å². The van der Waals surface area contributed by atoms with Crippen LogP contribution >= 0.6 is 0 Å². The normalized spacial score (nSPS) is 18.4. The highest BCUT2D eigenvalue weighted by Crippen LogP contribution is 2.29. The molecular formula is C41H64N6O6. The molecule has 12 heteroatoms. The third-order valence-corrected chi connectivity index (χ3v) is 10.8. The minimum Gasteiger partial charge on any atom is -0.399 e. The fourth-order valence-corrected chi connectivity index (χ4v) is 7.36. The first-order chi connectivity index (χ1) is 25.2. The van der Waals surface area contributed by atoms with Gasteiger partial charge in [0.1, 0.15) is 0 Å². The maximum atomic E-state index is 14.1. The van der Waals surface area contributed by atoms with Gasteiger partial charge < -0.3 is 41.4 Å². The number of nitrogen functional groups attached to an aromatic ring is 1. The molecule has 1 heterocycles. The van der Waals surface area contributed by atoms with E-state index in [0.717, 1.165) is 24.0 Å². The van der Waals surface area contributed by atoms with E-state index in [-0.39, 0.29) is 60.4 Å². The largest absolute Gasteiger partial charge is 0.399 e. The van der Waals surface area contributed by atoms with Crippen LogP contribution in [0.15, 0.2) is 54.6 Å². The molecule has 1 saturated heterocycles. The Morgan fingerprint density at radius 2 is 1.60 bits per heavy atom. The molecule has 2 aromatic rings. The van der Waals surface area contributed by atoms with E-state index >= 15 is 0 Å². The van der Waals surface area contributed by atoms with Crippen molar-refractivity contribution in [1.82, 2.24) is 20.4 Å². The zero-order valence-electron chi connectivity index (χ0n) is 33.0. The highest BCUT2D eigenvalue weighted by Gasteiger charge is 2.42. The van der Waals surface area contributed by atoms with Gasteiger partial charge in [-0.2, -0.15) is 0 Å². The summed E-state index contributed by atoms with van der Waals surface area (Å²) in [5, 5.41) is 6.09. The Morgan fingerprint density at radius 3 is 2.19 bits per heavy atom. The monoisotopic (exact) mass is 736 g/mol. The SMILES string of the molecule is CC[C@H](C)[C@@H]([C@@H](CC(=O)N1CCC[C@H]1[C@H](OC)[C@@H](C)C(=O)N[C@@H](CC(=O)NCc1ccc(N)cc1)Cc1ccccc1)OC)N(C)C(=O)[C@@H](N)C(C)C. The van der Waals surface area contributed by atoms with Gasteiger partial charge in [0.15, 0.2) is 0 Å². The van der Waals surface area contributed by atoms with Crippen molar-refractivity contribution in [2.45, 2.75) is 116 Å². The standard InChI is InChI=1S/C41H64N6O6/c1-9-27(4)38(46(6)41(51)37(43)26(2)3)34(52-7)24-36(49)47-21-13-16-33(47)39(53-8)28(5)40(50)45-32(22-29-14-11-10-12-15-29)23-35(48)44-25-30-17-19-31(42)20-18-30/h10-12,14-15,17-20,26-28,32-34,37-39H,9,13,16,21-25,42-43H2,1-8H3,(H,44,48)(H,45,50)/t27-,28+,32+,33-,34+,37-,38-,39+/m0/s1. The number of nitrogens with one attached hydrogen (secondary N) is 2. The number of ether oxygens (including phenoxy) is 2. The minimum atomic E-state index is -0.658. The van der Waals surface area contributed by atoms with Gasteiger partial charge in [-0.15, -0.1) is 0 Å². The number of benzene rings is 2. The van der Waals surface area contributed by atoms with Gasteiger partial charge in [-0.3, -0.25) is 19.2 Å². The maximum absolute atomic E-state index is 14.1. The average Bonchev–Trinajstić information content (AvgIpc) is 3.63. The Bertz CT molecular complexity index is 1460. The second kappa shape index (κ2) is 21.0. The fourth-order valence-electron chi connectivity index (χ4n) is 7.36.